The molecule has 0 N–H and O–H groups in total. The Kier molecular flexibility index (Phi) is 7.69. The van der Waals surface area contributed by atoms with Gasteiger partial charge in [0, 0.05) is 40.9 Å². The topological polar surface area (TPSA) is 0 Å². The lowest BCUT2D eigenvalue weighted by Crippen LogP contribution is -2.57. The molecule has 0 radical (unpaired) electrons. The van der Waals surface area contributed by atoms with Gasteiger partial charge >= 0.3 is 12.4 Å². The van der Waals surface area contributed by atoms with Crippen molar-refractivity contribution < 1.29 is 26.3 Å². The molecular weight excluding hydrogens is 715 g/mol. The van der Waals surface area contributed by atoms with E-state index in [1.165, 1.54) is 34.9 Å². The molecule has 0 saturated heterocycles. The molecule has 0 heterocycles. The number of allylic oxidation sites excluding steroid dienone is 24. The molecule has 0 aliphatic heterocycles. The Balaban J connectivity index is 0.990. The van der Waals surface area contributed by atoms with Gasteiger partial charge in [-0.2, -0.15) is 26.3 Å². The van der Waals surface area contributed by atoms with Crippen LogP contribution in [0.25, 0.3) is 11.1 Å². The normalized spacial score (nSPS) is 30.0. The first-order chi connectivity index (χ1) is 26.8. The molecule has 0 bridgehead atoms. The molecule has 8 aliphatic carbocycles. The average Bonchev–Trinajstić information content (AvgIpc) is 3.62. The van der Waals surface area contributed by atoms with Crippen molar-refractivity contribution in [1.29, 1.82) is 0 Å². The van der Waals surface area contributed by atoms with Crippen LogP contribution >= 0.6 is 0 Å². The first kappa shape index (κ1) is 35.3. The van der Waals surface area contributed by atoms with E-state index >= 15 is 26.3 Å². The third-order valence-electron chi connectivity index (χ3n) is 13.7. The van der Waals surface area contributed by atoms with Gasteiger partial charge in [0.1, 0.15) is 0 Å². The highest BCUT2D eigenvalue weighted by atomic mass is 19.4. The molecular formula is C50H40F6. The fourth-order valence-corrected chi connectivity index (χ4v) is 10.8. The van der Waals surface area contributed by atoms with E-state index in [0.717, 1.165) is 22.3 Å². The van der Waals surface area contributed by atoms with E-state index in [-0.39, 0.29) is 22.8 Å². The van der Waals surface area contributed by atoms with Crippen LogP contribution in [0, 0.1) is 29.6 Å². The van der Waals surface area contributed by atoms with Crippen molar-refractivity contribution in [3.63, 3.8) is 0 Å². The number of alkyl halides is 6. The number of halogens is 6. The summed E-state index contributed by atoms with van der Waals surface area (Å²) >= 11 is 0. The summed E-state index contributed by atoms with van der Waals surface area (Å²) in [7, 11) is 0. The van der Waals surface area contributed by atoms with Crippen LogP contribution in [0.2, 0.25) is 0 Å². The maximum atomic E-state index is 15.6. The third-order valence-corrected chi connectivity index (χ3v) is 13.7. The minimum Gasteiger partial charge on any atom is -0.170 e. The molecule has 6 heteroatoms. The second kappa shape index (κ2) is 12.2. The van der Waals surface area contributed by atoms with Gasteiger partial charge in [0.25, 0.3) is 0 Å². The number of benzene rings is 2. The molecule has 6 atom stereocenters. The van der Waals surface area contributed by atoms with Crippen LogP contribution in [0.15, 0.2) is 174 Å². The van der Waals surface area contributed by atoms with Gasteiger partial charge in [-0.15, -0.1) is 0 Å². The molecule has 0 saturated carbocycles. The minimum absolute atomic E-state index is 0.0250. The molecule has 0 fully saturated rings. The van der Waals surface area contributed by atoms with Crippen LogP contribution in [-0.4, -0.2) is 12.4 Å². The molecule has 0 aromatic heterocycles. The Labute approximate surface area is 323 Å². The van der Waals surface area contributed by atoms with Gasteiger partial charge in [0.05, 0.1) is 0 Å². The highest BCUT2D eigenvalue weighted by Gasteiger charge is 2.78. The van der Waals surface area contributed by atoms with Crippen LogP contribution < -0.4 is 0 Å². The second-order valence-corrected chi connectivity index (χ2v) is 16.9. The first-order valence-corrected chi connectivity index (χ1v) is 19.5. The van der Waals surface area contributed by atoms with Gasteiger partial charge in [0.2, 0.25) is 0 Å². The Hall–Kier alpha value is -5.10. The Morgan fingerprint density at radius 2 is 1.16 bits per heavy atom. The molecule has 0 nitrogen and oxygen atoms in total. The maximum absolute atomic E-state index is 15.6. The molecule has 8 aliphatic rings. The fraction of sp³-hybridized carbons (Fsp3) is 0.280. The highest BCUT2D eigenvalue weighted by Crippen LogP contribution is 2.67. The lowest BCUT2D eigenvalue weighted by atomic mass is 9.68. The van der Waals surface area contributed by atoms with Crippen molar-refractivity contribution in [1.82, 2.24) is 0 Å². The van der Waals surface area contributed by atoms with Crippen LogP contribution in [-0.2, 0) is 10.8 Å². The van der Waals surface area contributed by atoms with Gasteiger partial charge in [-0.25, -0.2) is 0 Å². The summed E-state index contributed by atoms with van der Waals surface area (Å²) in [5.41, 5.74) is 4.08. The van der Waals surface area contributed by atoms with Crippen molar-refractivity contribution in [2.75, 3.05) is 0 Å². The van der Waals surface area contributed by atoms with Crippen molar-refractivity contribution in [3.05, 3.63) is 201 Å². The highest BCUT2D eigenvalue weighted by molar-refractivity contribution is 5.88. The monoisotopic (exact) mass is 754 g/mol. The molecule has 2 aromatic rings. The molecule has 56 heavy (non-hydrogen) atoms. The second-order valence-electron chi connectivity index (χ2n) is 16.9. The van der Waals surface area contributed by atoms with E-state index < -0.39 is 35.2 Å². The van der Waals surface area contributed by atoms with E-state index in [4.69, 9.17) is 0 Å². The Morgan fingerprint density at radius 3 is 1.82 bits per heavy atom. The van der Waals surface area contributed by atoms with E-state index in [9.17, 15) is 0 Å². The Bertz CT molecular complexity index is 2440. The zero-order chi connectivity index (χ0) is 38.8. The fourth-order valence-electron chi connectivity index (χ4n) is 10.8. The minimum atomic E-state index is -5.60. The quantitative estimate of drug-likeness (QED) is 0.274. The molecule has 0 spiro atoms. The molecule has 10 rings (SSSR count). The van der Waals surface area contributed by atoms with Crippen molar-refractivity contribution >= 4 is 11.1 Å². The first-order valence-electron chi connectivity index (χ1n) is 19.5. The van der Waals surface area contributed by atoms with Crippen molar-refractivity contribution in [2.45, 2.75) is 55.8 Å². The third kappa shape index (κ3) is 5.06. The lowest BCUT2D eigenvalue weighted by Gasteiger charge is -2.40. The number of rotatable bonds is 3. The van der Waals surface area contributed by atoms with Crippen LogP contribution in [0.4, 0.5) is 26.3 Å². The number of fused-ring (bicyclic) bond motifs is 7. The molecule has 6 unspecified atom stereocenters. The zero-order valence-electron chi connectivity index (χ0n) is 31.0. The predicted octanol–water partition coefficient (Wildman–Crippen LogP) is 13.3. The van der Waals surface area contributed by atoms with E-state index in [0.29, 0.717) is 41.4 Å². The average molecular weight is 755 g/mol. The maximum Gasteiger partial charge on any atom is 0.407 e. The number of hydrogen-bond donors (Lipinski definition) is 0. The molecule has 2 aromatic carbocycles. The summed E-state index contributed by atoms with van der Waals surface area (Å²) in [5.74, 6) is -2.35. The van der Waals surface area contributed by atoms with Crippen molar-refractivity contribution in [2.24, 2.45) is 29.6 Å². The number of hydrogen-bond acceptors (Lipinski definition) is 0. The summed E-state index contributed by atoms with van der Waals surface area (Å²) < 4.78 is 93.5. The van der Waals surface area contributed by atoms with Gasteiger partial charge in [-0.1, -0.05) is 154 Å². The summed E-state index contributed by atoms with van der Waals surface area (Å²) in [6.45, 7) is 4.25. The Morgan fingerprint density at radius 1 is 0.589 bits per heavy atom. The van der Waals surface area contributed by atoms with E-state index in [1.54, 1.807) is 18.2 Å². The SMILES string of the molecule is CC1(C)C2=C(CCC(c3ccc4c(c3)C(C(F)(F)F)(C(F)(F)F)C3C=C(C5=CC6C=CC(C7=CC8C=CC=CC8C=C7)=CC6C=C5)C=CC43)=C2)c2ccccc21. The van der Waals surface area contributed by atoms with Gasteiger partial charge < -0.3 is 0 Å². The predicted molar refractivity (Wildman–Crippen MR) is 211 cm³/mol. The van der Waals surface area contributed by atoms with Crippen LogP contribution in [0.1, 0.15) is 60.4 Å². The van der Waals surface area contributed by atoms with Crippen molar-refractivity contribution in [3.8, 4) is 0 Å². The largest absolute Gasteiger partial charge is 0.407 e. The lowest BCUT2D eigenvalue weighted by molar-refractivity contribution is -0.312. The summed E-state index contributed by atoms with van der Waals surface area (Å²) in [4.78, 5) is 0. The van der Waals surface area contributed by atoms with Crippen LogP contribution in [0.5, 0.6) is 0 Å². The van der Waals surface area contributed by atoms with Gasteiger partial charge in [0.15, 0.2) is 5.41 Å². The van der Waals surface area contributed by atoms with Gasteiger partial charge in [-0.05, 0) is 85.7 Å². The van der Waals surface area contributed by atoms with E-state index in [1.807, 2.05) is 36.4 Å². The zero-order valence-corrected chi connectivity index (χ0v) is 31.0. The standard InChI is InChI=1S/C50H40F6/c1-47(2)43-10-6-5-9-39(43)40-20-17-36(26-44(40)47)38-19-22-42-41-21-18-37(27-45(41)48(46(42)28-38,49(51,52)53)50(54,55)56)35-16-15-33-24-32(13-14-34(33)25-35)31-12-11-29-7-3-4-8-30(29)23-31/h3-16,18-19,21-30,33-34,41,45H,17,20H2,1-2H3. The smallest absolute Gasteiger partial charge is 0.170 e. The molecule has 282 valence electrons. The van der Waals surface area contributed by atoms with Crippen LogP contribution in [0.3, 0.4) is 0 Å². The molecule has 0 amide bonds. The summed E-state index contributed by atoms with van der Waals surface area (Å²) in [6.07, 6.45) is 23.9. The van der Waals surface area contributed by atoms with Gasteiger partial charge in [-0.3, -0.25) is 0 Å². The summed E-state index contributed by atoms with van der Waals surface area (Å²) in [6, 6.07) is 12.6. The summed E-state index contributed by atoms with van der Waals surface area (Å²) in [5, 5.41) is 0. The van der Waals surface area contributed by atoms with E-state index in [2.05, 4.69) is 86.7 Å².